The molecule has 0 saturated heterocycles. The Morgan fingerprint density at radius 1 is 1.40 bits per heavy atom. The molecule has 0 aliphatic carbocycles. The molecule has 0 fully saturated rings. The number of aliphatic carboxylic acids is 1. The first-order valence-corrected chi connectivity index (χ1v) is 6.50. The van der Waals surface area contributed by atoms with Crippen molar-refractivity contribution in [2.45, 2.75) is 33.7 Å². The zero-order valence-corrected chi connectivity index (χ0v) is 12.1. The molecule has 2 amide bonds. The highest BCUT2D eigenvalue weighted by Crippen LogP contribution is 2.12. The van der Waals surface area contributed by atoms with E-state index in [0.29, 0.717) is 11.7 Å². The van der Waals surface area contributed by atoms with Crippen LogP contribution in [0.1, 0.15) is 38.5 Å². The van der Waals surface area contributed by atoms with Crippen LogP contribution < -0.4 is 10.6 Å². The summed E-state index contributed by atoms with van der Waals surface area (Å²) < 4.78 is 5.30. The van der Waals surface area contributed by atoms with Gasteiger partial charge in [-0.1, -0.05) is 13.8 Å². The molecule has 1 aromatic heterocycles. The van der Waals surface area contributed by atoms with Crippen molar-refractivity contribution < 1.29 is 19.1 Å². The number of nitrogens with one attached hydrogen (secondary N) is 2. The topological polar surface area (TPSA) is 104 Å². The lowest BCUT2D eigenvalue weighted by Gasteiger charge is -2.18. The van der Waals surface area contributed by atoms with Crippen LogP contribution in [0.5, 0.6) is 0 Å². The second-order valence-electron chi connectivity index (χ2n) is 5.07. The molecule has 1 heterocycles. The van der Waals surface area contributed by atoms with Gasteiger partial charge < -0.3 is 20.2 Å². The molecule has 112 valence electrons. The van der Waals surface area contributed by atoms with Gasteiger partial charge in [0.05, 0.1) is 12.1 Å². The predicted molar refractivity (Wildman–Crippen MR) is 72.2 cm³/mol. The van der Waals surface area contributed by atoms with Crippen molar-refractivity contribution in [2.24, 2.45) is 11.8 Å². The molecule has 2 atom stereocenters. The zero-order valence-electron chi connectivity index (χ0n) is 12.1. The number of rotatable bonds is 6. The van der Waals surface area contributed by atoms with Crippen molar-refractivity contribution >= 4 is 12.0 Å². The fraction of sp³-hybridized carbons (Fsp3) is 0.615. The summed E-state index contributed by atoms with van der Waals surface area (Å²) in [6, 6.07) is -0.828. The van der Waals surface area contributed by atoms with Gasteiger partial charge in [-0.3, -0.25) is 4.79 Å². The van der Waals surface area contributed by atoms with Gasteiger partial charge in [0.25, 0.3) is 0 Å². The van der Waals surface area contributed by atoms with Crippen LogP contribution in [-0.2, 0) is 4.79 Å². The number of carbonyl (C=O) groups excluding carboxylic acids is 1. The molecule has 7 nitrogen and oxygen atoms in total. The van der Waals surface area contributed by atoms with Gasteiger partial charge in [-0.25, -0.2) is 9.78 Å². The Kier molecular flexibility index (Phi) is 5.54. The van der Waals surface area contributed by atoms with E-state index in [-0.39, 0.29) is 18.5 Å². The molecule has 0 radical (unpaired) electrons. The molecule has 0 spiro atoms. The molecule has 20 heavy (non-hydrogen) atoms. The Labute approximate surface area is 117 Å². The van der Waals surface area contributed by atoms with Gasteiger partial charge in [-0.2, -0.15) is 0 Å². The van der Waals surface area contributed by atoms with Crippen molar-refractivity contribution in [1.82, 2.24) is 15.6 Å². The molecule has 1 rings (SSSR count). The summed E-state index contributed by atoms with van der Waals surface area (Å²) in [6.45, 7) is 7.19. The first-order chi connectivity index (χ1) is 9.31. The number of carboxylic acids is 1. The number of oxazole rings is 1. The maximum atomic E-state index is 11.7. The van der Waals surface area contributed by atoms with E-state index in [1.165, 1.54) is 0 Å². The van der Waals surface area contributed by atoms with E-state index in [9.17, 15) is 9.59 Å². The van der Waals surface area contributed by atoms with Crippen LogP contribution in [0.15, 0.2) is 10.6 Å². The van der Waals surface area contributed by atoms with Gasteiger partial charge >= 0.3 is 12.0 Å². The largest absolute Gasteiger partial charge is 0.481 e. The summed E-state index contributed by atoms with van der Waals surface area (Å²) in [5.74, 6) is -0.507. The number of carbonyl (C=O) groups is 2. The number of carboxylic acid groups (broad SMARTS) is 1. The fourth-order valence-corrected chi connectivity index (χ4v) is 1.69. The average Bonchev–Trinajstić information content (AvgIpc) is 2.75. The molecule has 0 saturated carbocycles. The summed E-state index contributed by atoms with van der Waals surface area (Å²) in [5.41, 5.74) is 0. The summed E-state index contributed by atoms with van der Waals surface area (Å²) in [4.78, 5) is 26.7. The molecule has 0 aliphatic rings. The van der Waals surface area contributed by atoms with E-state index < -0.39 is 17.9 Å². The third-order valence-corrected chi connectivity index (χ3v) is 2.96. The highest BCUT2D eigenvalue weighted by atomic mass is 16.4. The minimum atomic E-state index is -0.920. The number of hydrogen-bond donors (Lipinski definition) is 3. The van der Waals surface area contributed by atoms with E-state index in [0.717, 1.165) is 0 Å². The molecule has 3 N–H and O–H groups in total. The molecule has 7 heteroatoms. The van der Waals surface area contributed by atoms with E-state index in [4.69, 9.17) is 9.52 Å². The van der Waals surface area contributed by atoms with Crippen molar-refractivity contribution in [3.63, 3.8) is 0 Å². The first kappa shape index (κ1) is 16.0. The number of hydrogen-bond acceptors (Lipinski definition) is 4. The lowest BCUT2D eigenvalue weighted by atomic mass is 9.96. The van der Waals surface area contributed by atoms with Crippen LogP contribution in [0.3, 0.4) is 0 Å². The minimum Gasteiger partial charge on any atom is -0.481 e. The molecular weight excluding hydrogens is 262 g/mol. The Hall–Kier alpha value is -2.05. The van der Waals surface area contributed by atoms with E-state index in [1.54, 1.807) is 33.9 Å². The summed E-state index contributed by atoms with van der Waals surface area (Å²) in [6.07, 6.45) is 1.57. The van der Waals surface area contributed by atoms with Gasteiger partial charge in [0.2, 0.25) is 5.89 Å². The van der Waals surface area contributed by atoms with Crippen LogP contribution in [0.2, 0.25) is 0 Å². The third-order valence-electron chi connectivity index (χ3n) is 2.96. The van der Waals surface area contributed by atoms with E-state index in [2.05, 4.69) is 15.6 Å². The van der Waals surface area contributed by atoms with Crippen molar-refractivity contribution in [3.8, 4) is 0 Å². The van der Waals surface area contributed by atoms with Crippen molar-refractivity contribution in [3.05, 3.63) is 17.8 Å². The summed E-state index contributed by atoms with van der Waals surface area (Å²) in [5, 5.41) is 14.2. The predicted octanol–water partition coefficient (Wildman–Crippen LogP) is 1.70. The number of urea groups is 1. The molecule has 2 unspecified atom stereocenters. The number of aromatic nitrogens is 1. The number of nitrogens with zero attached hydrogens (tertiary/aromatic N) is 1. The second kappa shape index (κ2) is 6.93. The summed E-state index contributed by atoms with van der Waals surface area (Å²) >= 11 is 0. The third kappa shape index (κ3) is 4.56. The monoisotopic (exact) mass is 283 g/mol. The van der Waals surface area contributed by atoms with Crippen molar-refractivity contribution in [1.29, 1.82) is 0 Å². The lowest BCUT2D eigenvalue weighted by molar-refractivity contribution is -0.142. The Balaban J connectivity index is 2.45. The SMILES string of the molecule is Cc1cnc(C(C)NC(=O)NCC(C(=O)O)C(C)C)o1. The first-order valence-electron chi connectivity index (χ1n) is 6.50. The zero-order chi connectivity index (χ0) is 15.3. The molecule has 0 aromatic carbocycles. The standard InChI is InChI=1S/C13H21N3O4/c1-7(2)10(12(17)18)6-15-13(19)16-9(4)11-14-5-8(3)20-11/h5,7,9-10H,6H2,1-4H3,(H,17,18)(H2,15,16,19). The summed E-state index contributed by atoms with van der Waals surface area (Å²) in [7, 11) is 0. The molecule has 1 aromatic rings. The van der Waals surface area contributed by atoms with Gasteiger partial charge in [0.15, 0.2) is 0 Å². The van der Waals surface area contributed by atoms with Crippen LogP contribution in [0.4, 0.5) is 4.79 Å². The molecular formula is C13H21N3O4. The van der Waals surface area contributed by atoms with Crippen LogP contribution in [0.25, 0.3) is 0 Å². The Morgan fingerprint density at radius 3 is 2.50 bits per heavy atom. The second-order valence-corrected chi connectivity index (χ2v) is 5.07. The smallest absolute Gasteiger partial charge is 0.315 e. The average molecular weight is 283 g/mol. The van der Waals surface area contributed by atoms with Gasteiger partial charge in [-0.05, 0) is 19.8 Å². The number of aryl methyl sites for hydroxylation is 1. The number of amides is 2. The Morgan fingerprint density at radius 2 is 2.05 bits per heavy atom. The highest BCUT2D eigenvalue weighted by molar-refractivity contribution is 5.76. The van der Waals surface area contributed by atoms with Crippen molar-refractivity contribution in [2.75, 3.05) is 6.54 Å². The van der Waals surface area contributed by atoms with Gasteiger partial charge in [-0.15, -0.1) is 0 Å². The van der Waals surface area contributed by atoms with Crippen LogP contribution >= 0.6 is 0 Å². The van der Waals surface area contributed by atoms with Gasteiger partial charge in [0.1, 0.15) is 11.8 Å². The molecule has 0 bridgehead atoms. The normalized spacial score (nSPS) is 13.8. The Bertz CT molecular complexity index is 470. The highest BCUT2D eigenvalue weighted by Gasteiger charge is 2.22. The lowest BCUT2D eigenvalue weighted by Crippen LogP contribution is -2.42. The van der Waals surface area contributed by atoms with E-state index >= 15 is 0 Å². The maximum Gasteiger partial charge on any atom is 0.315 e. The van der Waals surface area contributed by atoms with E-state index in [1.807, 2.05) is 0 Å². The minimum absolute atomic E-state index is 0.0559. The quantitative estimate of drug-likeness (QED) is 0.737. The van der Waals surface area contributed by atoms with Crippen LogP contribution in [-0.4, -0.2) is 28.6 Å². The maximum absolute atomic E-state index is 11.7. The molecule has 0 aliphatic heterocycles. The van der Waals surface area contributed by atoms with Gasteiger partial charge in [0, 0.05) is 6.54 Å². The fourth-order valence-electron chi connectivity index (χ4n) is 1.69. The van der Waals surface area contributed by atoms with Crippen LogP contribution in [0, 0.1) is 18.8 Å².